The molecule has 0 bridgehead atoms. The molecule has 36 heavy (non-hydrogen) atoms. The molecular formula is C31H50O5. The van der Waals surface area contributed by atoms with Crippen molar-refractivity contribution in [3.8, 4) is 0 Å². The van der Waals surface area contributed by atoms with E-state index >= 15 is 0 Å². The van der Waals surface area contributed by atoms with Gasteiger partial charge in [-0.2, -0.15) is 0 Å². The number of fused-ring (bicyclic) bond motifs is 4. The molecule has 2 spiro atoms. The van der Waals surface area contributed by atoms with Crippen LogP contribution in [0.4, 0.5) is 0 Å². The predicted molar refractivity (Wildman–Crippen MR) is 139 cm³/mol. The van der Waals surface area contributed by atoms with Crippen molar-refractivity contribution in [1.82, 2.24) is 0 Å². The van der Waals surface area contributed by atoms with Crippen molar-refractivity contribution in [1.29, 1.82) is 0 Å². The molecule has 6 rings (SSSR count). The van der Waals surface area contributed by atoms with E-state index < -0.39 is 29.9 Å². The lowest BCUT2D eigenvalue weighted by Gasteiger charge is -2.59. The van der Waals surface area contributed by atoms with Gasteiger partial charge in [-0.3, -0.25) is 9.59 Å². The number of hydrogen-bond donors (Lipinski definition) is 1. The van der Waals surface area contributed by atoms with Crippen molar-refractivity contribution in [3.05, 3.63) is 0 Å². The van der Waals surface area contributed by atoms with E-state index in [1.165, 1.54) is 45.4 Å². The maximum atomic E-state index is 14.3. The third-order valence-electron chi connectivity index (χ3n) is 13.3. The summed E-state index contributed by atoms with van der Waals surface area (Å²) in [6.45, 7) is 14.6. The van der Waals surface area contributed by atoms with Crippen LogP contribution in [0.15, 0.2) is 0 Å². The van der Waals surface area contributed by atoms with Crippen molar-refractivity contribution in [3.63, 3.8) is 0 Å². The fourth-order valence-electron chi connectivity index (χ4n) is 11.3. The first-order chi connectivity index (χ1) is 16.7. The van der Waals surface area contributed by atoms with Gasteiger partial charge in [0.2, 0.25) is 0 Å². The van der Waals surface area contributed by atoms with Gasteiger partial charge in [0.1, 0.15) is 6.10 Å². The van der Waals surface area contributed by atoms with Crippen LogP contribution in [0.3, 0.4) is 0 Å². The summed E-state index contributed by atoms with van der Waals surface area (Å²) in [7, 11) is 0. The third-order valence-corrected chi connectivity index (χ3v) is 13.3. The Morgan fingerprint density at radius 1 is 1.06 bits per heavy atom. The highest BCUT2D eigenvalue weighted by molar-refractivity contribution is 5.90. The van der Waals surface area contributed by atoms with Crippen LogP contribution in [0.5, 0.6) is 0 Å². The molecule has 1 heterocycles. The molecule has 6 aliphatic rings. The van der Waals surface area contributed by atoms with Crippen molar-refractivity contribution < 1.29 is 25.6 Å². The smallest absolute Gasteiger partial charge is 0.303 e. The molecule has 5 saturated carbocycles. The van der Waals surface area contributed by atoms with Gasteiger partial charge in [-0.1, -0.05) is 27.7 Å². The average molecular weight is 503 g/mol. The minimum Gasteiger partial charge on any atom is -0.457 e. The fourth-order valence-corrected chi connectivity index (χ4v) is 11.3. The molecule has 0 aromatic carbocycles. The molecule has 5 nitrogen and oxygen atoms in total. The van der Waals surface area contributed by atoms with Crippen molar-refractivity contribution >= 4 is 11.8 Å². The second kappa shape index (κ2) is 7.58. The average Bonchev–Trinajstić information content (AvgIpc) is 3.40. The maximum absolute atomic E-state index is 14.3. The molecule has 204 valence electrons. The van der Waals surface area contributed by atoms with Crippen LogP contribution < -0.4 is 0 Å². The van der Waals surface area contributed by atoms with Gasteiger partial charge in [-0.25, -0.2) is 0 Å². The van der Waals surface area contributed by atoms with Crippen molar-refractivity contribution in [2.75, 3.05) is 0 Å². The van der Waals surface area contributed by atoms with E-state index in [-0.39, 0.29) is 18.7 Å². The van der Waals surface area contributed by atoms with E-state index in [0.29, 0.717) is 34.4 Å². The summed E-state index contributed by atoms with van der Waals surface area (Å²) >= 11 is 0. The zero-order chi connectivity index (χ0) is 26.1. The van der Waals surface area contributed by atoms with Crippen LogP contribution in [0.2, 0.25) is 0 Å². The Morgan fingerprint density at radius 3 is 2.42 bits per heavy atom. The summed E-state index contributed by atoms with van der Waals surface area (Å²) in [5, 5.41) is 10.8. The number of hydrogen-bond acceptors (Lipinski definition) is 5. The Bertz CT molecular complexity index is 971. The Kier molecular flexibility index (Phi) is 5.34. The van der Waals surface area contributed by atoms with Gasteiger partial charge in [0.05, 0.1) is 11.7 Å². The van der Waals surface area contributed by atoms with Crippen LogP contribution in [-0.4, -0.2) is 40.8 Å². The van der Waals surface area contributed by atoms with Crippen molar-refractivity contribution in [2.45, 2.75) is 130 Å². The highest BCUT2D eigenvalue weighted by Gasteiger charge is 2.81. The Hall–Kier alpha value is -0.940. The topological polar surface area (TPSA) is 72.8 Å². The lowest BCUT2D eigenvalue weighted by atomic mass is 9.45. The first kappa shape index (κ1) is 25.3. The molecule has 1 N–H and O–H groups in total. The number of aliphatic hydroxyl groups is 1. The number of ketones is 1. The second-order valence-electron chi connectivity index (χ2n) is 15.3. The lowest BCUT2D eigenvalue weighted by Crippen LogP contribution is -2.53. The third kappa shape index (κ3) is 3.08. The molecule has 5 heteroatoms. The molecule has 0 amide bonds. The molecule has 0 aromatic heterocycles. The van der Waals surface area contributed by atoms with Crippen LogP contribution >= 0.6 is 0 Å². The number of Topliss-reactive ketones (excluding diaryl/α,β-unsaturated/α-hetero) is 1. The number of rotatable bonds is 3. The monoisotopic (exact) mass is 502 g/mol. The summed E-state index contributed by atoms with van der Waals surface area (Å²) < 4.78 is 12.1. The van der Waals surface area contributed by atoms with Gasteiger partial charge < -0.3 is 14.6 Å². The maximum Gasteiger partial charge on any atom is 0.303 e. The Morgan fingerprint density at radius 2 is 1.75 bits per heavy atom. The van der Waals surface area contributed by atoms with E-state index in [1.54, 1.807) is 13.8 Å². The summed E-state index contributed by atoms with van der Waals surface area (Å²) in [5.74, 6) is 2.29. The predicted octanol–water partition coefficient (Wildman–Crippen LogP) is 5.96. The van der Waals surface area contributed by atoms with Crippen molar-refractivity contribution in [2.24, 2.45) is 51.2 Å². The van der Waals surface area contributed by atoms with Gasteiger partial charge in [-0.15, -0.1) is 0 Å². The molecule has 0 radical (unpaired) electrons. The van der Waals surface area contributed by atoms with Gasteiger partial charge in [-0.05, 0) is 117 Å². The first-order valence-corrected chi connectivity index (χ1v) is 14.8. The van der Waals surface area contributed by atoms with Crippen LogP contribution in [0.1, 0.15) is 108 Å². The number of ether oxygens (including phenoxy) is 2. The van der Waals surface area contributed by atoms with Gasteiger partial charge in [0.15, 0.2) is 11.9 Å². The Balaban J connectivity index is 0.00000280. The zero-order valence-corrected chi connectivity index (χ0v) is 23.6. The van der Waals surface area contributed by atoms with Crippen LogP contribution in [0.25, 0.3) is 0 Å². The highest BCUT2D eigenvalue weighted by Crippen LogP contribution is 2.87. The number of esters is 1. The standard InChI is InChI=1S/C31H48O5.H2/c1-17-12-13-31-16-30(31)15-14-29(7)20-8-10-21(26(28(5,6)34)35-18(2)32)36-25(20)24(33)23(29)19(30)9-11-22(31)27(17,3)4;/h17,19-23,25-26,34H,8-16H2,1-7H3;1H/t17?,19?,20?,21?,22?,23?,25?,26-,29?,30-,31?;/m0./s1. The minimum atomic E-state index is -1.23. The molecule has 9 unspecified atom stereocenters. The summed E-state index contributed by atoms with van der Waals surface area (Å²) in [5.41, 5.74) is -0.00259. The quantitative estimate of drug-likeness (QED) is 0.482. The number of carbonyl (C=O) groups excluding carboxylic acids is 2. The second-order valence-corrected chi connectivity index (χ2v) is 15.3. The van der Waals surface area contributed by atoms with E-state index in [2.05, 4.69) is 27.7 Å². The molecule has 5 aliphatic carbocycles. The van der Waals surface area contributed by atoms with E-state index in [1.807, 2.05) is 0 Å². The molecule has 11 atom stereocenters. The lowest BCUT2D eigenvalue weighted by molar-refractivity contribution is -0.200. The summed E-state index contributed by atoms with van der Waals surface area (Å²) in [4.78, 5) is 26.1. The Labute approximate surface area is 218 Å². The highest BCUT2D eigenvalue weighted by atomic mass is 16.6. The van der Waals surface area contributed by atoms with E-state index in [0.717, 1.165) is 24.7 Å². The zero-order valence-electron chi connectivity index (χ0n) is 23.6. The van der Waals surface area contributed by atoms with Gasteiger partial charge >= 0.3 is 5.97 Å². The van der Waals surface area contributed by atoms with Crippen LogP contribution in [-0.2, 0) is 19.1 Å². The number of carbonyl (C=O) groups is 2. The normalized spacial score (nSPS) is 51.7. The molecule has 6 fully saturated rings. The molecule has 1 aliphatic heterocycles. The van der Waals surface area contributed by atoms with E-state index in [9.17, 15) is 14.7 Å². The van der Waals surface area contributed by atoms with Crippen LogP contribution in [0, 0.1) is 51.2 Å². The molecular weight excluding hydrogens is 452 g/mol. The summed E-state index contributed by atoms with van der Waals surface area (Å²) in [6.07, 6.45) is 8.90. The summed E-state index contributed by atoms with van der Waals surface area (Å²) in [6, 6.07) is 0. The molecule has 0 aromatic rings. The SMILES string of the molecule is CC(=O)O[C@@H](C1CCC2C(O1)C(=O)C1C3CCC4C(C)(C)C(C)CCC45C[C@@]35CCC21C)C(C)(C)O.[HH]. The fraction of sp³-hybridized carbons (Fsp3) is 0.935. The largest absolute Gasteiger partial charge is 0.457 e. The van der Waals surface area contributed by atoms with E-state index in [4.69, 9.17) is 9.47 Å². The van der Waals surface area contributed by atoms with Gasteiger partial charge in [0.25, 0.3) is 0 Å². The molecule has 1 saturated heterocycles. The minimum absolute atomic E-state index is 0. The first-order valence-electron chi connectivity index (χ1n) is 14.8. The van der Waals surface area contributed by atoms with Gasteiger partial charge in [0, 0.05) is 14.3 Å².